The molecule has 0 saturated carbocycles. The van der Waals surface area contributed by atoms with E-state index >= 15 is 0 Å². The molecule has 0 spiro atoms. The van der Waals surface area contributed by atoms with E-state index in [1.165, 1.54) is 0 Å². The Morgan fingerprint density at radius 1 is 1.15 bits per heavy atom. The Bertz CT molecular complexity index is 152. The highest BCUT2D eigenvalue weighted by molar-refractivity contribution is 5.07. The van der Waals surface area contributed by atoms with Crippen molar-refractivity contribution in [3.8, 4) is 0 Å². The van der Waals surface area contributed by atoms with Gasteiger partial charge in [-0.25, -0.2) is 0 Å². The lowest BCUT2D eigenvalue weighted by atomic mass is 9.91. The fraction of sp³-hybridized carbons (Fsp3) is 0.800. The zero-order valence-electron chi connectivity index (χ0n) is 8.25. The van der Waals surface area contributed by atoms with E-state index in [2.05, 4.69) is 6.58 Å². The van der Waals surface area contributed by atoms with Gasteiger partial charge in [0.1, 0.15) is 0 Å². The average molecular weight is 194 g/mol. The summed E-state index contributed by atoms with van der Waals surface area (Å²) < 4.78 is 36.7. The molecule has 0 bridgehead atoms. The molecule has 0 aromatic rings. The first kappa shape index (κ1) is 12.5. The van der Waals surface area contributed by atoms with Gasteiger partial charge in [0.15, 0.2) is 0 Å². The Kier molecular flexibility index (Phi) is 5.11. The average Bonchev–Trinajstić information content (AvgIpc) is 2.01. The first-order chi connectivity index (χ1) is 5.93. The standard InChI is InChI=1S/C10H17F3/c1-4-6-9(7-5-2)8(3)10(11,12)13/h9H,3-7H2,1-2H3. The smallest absolute Gasteiger partial charge is 0.166 e. The summed E-state index contributed by atoms with van der Waals surface area (Å²) in [5, 5.41) is 0. The number of alkyl halides is 3. The van der Waals surface area contributed by atoms with Crippen molar-refractivity contribution >= 4 is 0 Å². The van der Waals surface area contributed by atoms with Crippen LogP contribution in [0.15, 0.2) is 12.2 Å². The van der Waals surface area contributed by atoms with E-state index in [0.717, 1.165) is 12.8 Å². The van der Waals surface area contributed by atoms with Gasteiger partial charge in [0.2, 0.25) is 0 Å². The van der Waals surface area contributed by atoms with Crippen LogP contribution in [0.5, 0.6) is 0 Å². The summed E-state index contributed by atoms with van der Waals surface area (Å²) in [7, 11) is 0. The van der Waals surface area contributed by atoms with E-state index < -0.39 is 11.7 Å². The number of hydrogen-bond donors (Lipinski definition) is 0. The van der Waals surface area contributed by atoms with Crippen molar-refractivity contribution in [3.05, 3.63) is 12.2 Å². The van der Waals surface area contributed by atoms with Gasteiger partial charge < -0.3 is 0 Å². The maximum atomic E-state index is 12.2. The van der Waals surface area contributed by atoms with Gasteiger partial charge in [0.25, 0.3) is 0 Å². The minimum Gasteiger partial charge on any atom is -0.166 e. The van der Waals surface area contributed by atoms with Gasteiger partial charge in [-0.1, -0.05) is 33.3 Å². The van der Waals surface area contributed by atoms with Gasteiger partial charge in [0, 0.05) is 5.57 Å². The van der Waals surface area contributed by atoms with Crippen LogP contribution in [0.1, 0.15) is 39.5 Å². The van der Waals surface area contributed by atoms with Crippen LogP contribution in [0.3, 0.4) is 0 Å². The van der Waals surface area contributed by atoms with Gasteiger partial charge in [-0.2, -0.15) is 13.2 Å². The molecule has 13 heavy (non-hydrogen) atoms. The van der Waals surface area contributed by atoms with Crippen molar-refractivity contribution in [3.63, 3.8) is 0 Å². The molecule has 0 rings (SSSR count). The van der Waals surface area contributed by atoms with Crippen molar-refractivity contribution < 1.29 is 13.2 Å². The number of halogens is 3. The van der Waals surface area contributed by atoms with E-state index in [9.17, 15) is 13.2 Å². The van der Waals surface area contributed by atoms with Crippen molar-refractivity contribution in [2.24, 2.45) is 5.92 Å². The SMILES string of the molecule is C=C(C(CCC)CCC)C(F)(F)F. The molecule has 0 aliphatic carbocycles. The van der Waals surface area contributed by atoms with Crippen LogP contribution >= 0.6 is 0 Å². The lowest BCUT2D eigenvalue weighted by Gasteiger charge is -2.20. The second-order valence-electron chi connectivity index (χ2n) is 3.30. The van der Waals surface area contributed by atoms with Crippen molar-refractivity contribution in [1.82, 2.24) is 0 Å². The lowest BCUT2D eigenvalue weighted by molar-refractivity contribution is -0.0993. The summed E-state index contributed by atoms with van der Waals surface area (Å²) in [6.07, 6.45) is -1.48. The quantitative estimate of drug-likeness (QED) is 0.572. The molecule has 0 amide bonds. The van der Waals surface area contributed by atoms with Gasteiger partial charge in [-0.3, -0.25) is 0 Å². The number of hydrogen-bond acceptors (Lipinski definition) is 0. The van der Waals surface area contributed by atoms with Crippen LogP contribution in [-0.2, 0) is 0 Å². The van der Waals surface area contributed by atoms with Crippen LogP contribution in [0.25, 0.3) is 0 Å². The summed E-state index contributed by atoms with van der Waals surface area (Å²) in [4.78, 5) is 0. The molecular formula is C10H17F3. The Morgan fingerprint density at radius 2 is 1.54 bits per heavy atom. The molecule has 0 nitrogen and oxygen atoms in total. The zero-order valence-corrected chi connectivity index (χ0v) is 8.25. The Morgan fingerprint density at radius 3 is 1.77 bits per heavy atom. The van der Waals surface area contributed by atoms with Gasteiger partial charge in [0.05, 0.1) is 0 Å². The molecule has 0 atom stereocenters. The summed E-state index contributed by atoms with van der Waals surface area (Å²) in [6.45, 7) is 6.93. The van der Waals surface area contributed by atoms with E-state index in [4.69, 9.17) is 0 Å². The molecule has 0 aromatic heterocycles. The summed E-state index contributed by atoms with van der Waals surface area (Å²) in [5.41, 5.74) is -0.559. The van der Waals surface area contributed by atoms with Gasteiger partial charge >= 0.3 is 6.18 Å². The normalized spacial score (nSPS) is 12.2. The Labute approximate surface area is 77.8 Å². The van der Waals surface area contributed by atoms with Crippen LogP contribution in [0.2, 0.25) is 0 Å². The fourth-order valence-corrected chi connectivity index (χ4v) is 1.42. The predicted molar refractivity (Wildman–Crippen MR) is 48.5 cm³/mol. The fourth-order valence-electron chi connectivity index (χ4n) is 1.42. The Balaban J connectivity index is 4.27. The minimum absolute atomic E-state index is 0.380. The largest absolute Gasteiger partial charge is 0.412 e. The first-order valence-electron chi connectivity index (χ1n) is 4.69. The maximum Gasteiger partial charge on any atom is 0.412 e. The molecule has 78 valence electrons. The second kappa shape index (κ2) is 5.30. The number of allylic oxidation sites excluding steroid dienone is 1. The third-order valence-electron chi connectivity index (χ3n) is 2.13. The molecule has 0 heterocycles. The van der Waals surface area contributed by atoms with Crippen LogP contribution in [0, 0.1) is 5.92 Å². The zero-order chi connectivity index (χ0) is 10.5. The monoisotopic (exact) mass is 194 g/mol. The van der Waals surface area contributed by atoms with Crippen LogP contribution in [-0.4, -0.2) is 6.18 Å². The van der Waals surface area contributed by atoms with E-state index in [0.29, 0.717) is 12.8 Å². The summed E-state index contributed by atoms with van der Waals surface area (Å²) >= 11 is 0. The van der Waals surface area contributed by atoms with Gasteiger partial charge in [-0.05, 0) is 18.8 Å². The lowest BCUT2D eigenvalue weighted by Crippen LogP contribution is -2.19. The predicted octanol–water partition coefficient (Wildman–Crippen LogP) is 4.32. The van der Waals surface area contributed by atoms with Crippen LogP contribution < -0.4 is 0 Å². The second-order valence-corrected chi connectivity index (χ2v) is 3.30. The molecular weight excluding hydrogens is 177 g/mol. The third kappa shape index (κ3) is 4.34. The van der Waals surface area contributed by atoms with E-state index in [1.54, 1.807) is 0 Å². The number of rotatable bonds is 5. The maximum absolute atomic E-state index is 12.2. The molecule has 0 unspecified atom stereocenters. The van der Waals surface area contributed by atoms with Gasteiger partial charge in [-0.15, -0.1) is 0 Å². The molecule has 0 aliphatic heterocycles. The third-order valence-corrected chi connectivity index (χ3v) is 2.13. The summed E-state index contributed by atoms with van der Waals surface area (Å²) in [5.74, 6) is -0.380. The molecule has 0 aromatic carbocycles. The molecule has 0 aliphatic rings. The molecule has 0 fully saturated rings. The topological polar surface area (TPSA) is 0 Å². The summed E-state index contributed by atoms with van der Waals surface area (Å²) in [6, 6.07) is 0. The molecule has 0 N–H and O–H groups in total. The van der Waals surface area contributed by atoms with Crippen molar-refractivity contribution in [2.45, 2.75) is 45.7 Å². The molecule has 3 heteroatoms. The van der Waals surface area contributed by atoms with Crippen LogP contribution in [0.4, 0.5) is 13.2 Å². The highest BCUT2D eigenvalue weighted by Gasteiger charge is 2.35. The molecule has 0 radical (unpaired) electrons. The highest BCUT2D eigenvalue weighted by atomic mass is 19.4. The van der Waals surface area contributed by atoms with E-state index in [1.807, 2.05) is 13.8 Å². The van der Waals surface area contributed by atoms with Crippen molar-refractivity contribution in [1.29, 1.82) is 0 Å². The Hall–Kier alpha value is -0.470. The highest BCUT2D eigenvalue weighted by Crippen LogP contribution is 2.34. The molecule has 0 saturated heterocycles. The van der Waals surface area contributed by atoms with Crippen molar-refractivity contribution in [2.75, 3.05) is 0 Å². The van der Waals surface area contributed by atoms with E-state index in [-0.39, 0.29) is 5.92 Å². The first-order valence-corrected chi connectivity index (χ1v) is 4.69. The minimum atomic E-state index is -4.21.